The second-order valence-electron chi connectivity index (χ2n) is 9.03. The Labute approximate surface area is 223 Å². The van der Waals surface area contributed by atoms with Crippen LogP contribution in [-0.2, 0) is 11.2 Å². The van der Waals surface area contributed by atoms with Crippen molar-refractivity contribution in [1.29, 1.82) is 0 Å². The van der Waals surface area contributed by atoms with Gasteiger partial charge in [-0.2, -0.15) is 11.3 Å². The van der Waals surface area contributed by atoms with Gasteiger partial charge in [-0.05, 0) is 66.3 Å². The number of benzene rings is 1. The van der Waals surface area contributed by atoms with Gasteiger partial charge in [0.1, 0.15) is 5.75 Å². The Hall–Kier alpha value is -3.37. The van der Waals surface area contributed by atoms with E-state index in [1.807, 2.05) is 34.5 Å². The van der Waals surface area contributed by atoms with Crippen LogP contribution in [-0.4, -0.2) is 47.4 Å². The first-order valence-corrected chi connectivity index (χ1v) is 14.0. The molecular formula is C27H30N2O6S2. The smallest absolute Gasteiger partial charge is 0.349 e. The average molecular weight is 543 g/mol. The van der Waals surface area contributed by atoms with Gasteiger partial charge < -0.3 is 20.3 Å². The summed E-state index contributed by atoms with van der Waals surface area (Å²) in [6.45, 7) is 1.63. The highest BCUT2D eigenvalue weighted by Gasteiger charge is 2.28. The Balaban J connectivity index is 1.63. The predicted octanol–water partition coefficient (Wildman–Crippen LogP) is 6.04. The van der Waals surface area contributed by atoms with Gasteiger partial charge in [-0.3, -0.25) is 4.90 Å². The van der Waals surface area contributed by atoms with Crippen LogP contribution in [0.25, 0.3) is 10.4 Å². The normalized spacial score (nSPS) is 13.8. The molecule has 2 aromatic heterocycles. The number of rotatable bonds is 10. The third kappa shape index (κ3) is 6.50. The van der Waals surface area contributed by atoms with Crippen molar-refractivity contribution in [3.8, 4) is 16.2 Å². The second-order valence-corrected chi connectivity index (χ2v) is 10.8. The van der Waals surface area contributed by atoms with Gasteiger partial charge in [0.05, 0.1) is 0 Å². The van der Waals surface area contributed by atoms with Crippen molar-refractivity contribution < 1.29 is 29.3 Å². The number of carboxylic acids is 2. The highest BCUT2D eigenvalue weighted by molar-refractivity contribution is 7.18. The van der Waals surface area contributed by atoms with E-state index in [9.17, 15) is 19.5 Å². The molecule has 0 saturated heterocycles. The van der Waals surface area contributed by atoms with Crippen LogP contribution in [0.2, 0.25) is 0 Å². The van der Waals surface area contributed by atoms with Crippen LogP contribution >= 0.6 is 22.7 Å². The Kier molecular flexibility index (Phi) is 8.83. The van der Waals surface area contributed by atoms with E-state index in [0.29, 0.717) is 17.0 Å². The quantitative estimate of drug-likeness (QED) is 0.288. The highest BCUT2D eigenvalue weighted by Crippen LogP contribution is 2.42. The van der Waals surface area contributed by atoms with Crippen molar-refractivity contribution in [1.82, 2.24) is 5.32 Å². The number of ether oxygens (including phenoxy) is 1. The van der Waals surface area contributed by atoms with Gasteiger partial charge in [-0.25, -0.2) is 14.4 Å². The number of anilines is 1. The molecule has 1 aliphatic rings. The van der Waals surface area contributed by atoms with Crippen LogP contribution in [0.15, 0.2) is 41.1 Å². The van der Waals surface area contributed by atoms with E-state index in [2.05, 4.69) is 16.8 Å². The molecule has 0 atom stereocenters. The zero-order chi connectivity index (χ0) is 26.4. The third-order valence-corrected chi connectivity index (χ3v) is 8.48. The molecule has 37 heavy (non-hydrogen) atoms. The van der Waals surface area contributed by atoms with Crippen molar-refractivity contribution in [3.05, 3.63) is 57.1 Å². The summed E-state index contributed by atoms with van der Waals surface area (Å²) in [7, 11) is 0. The number of aromatic carboxylic acids is 1. The lowest BCUT2D eigenvalue weighted by Crippen LogP contribution is -2.47. The predicted molar refractivity (Wildman–Crippen MR) is 145 cm³/mol. The maximum absolute atomic E-state index is 13.4. The molecule has 2 amide bonds. The van der Waals surface area contributed by atoms with E-state index in [4.69, 9.17) is 9.84 Å². The summed E-state index contributed by atoms with van der Waals surface area (Å²) in [6, 6.07) is 9.52. The zero-order valence-electron chi connectivity index (χ0n) is 20.6. The van der Waals surface area contributed by atoms with Crippen LogP contribution in [0.3, 0.4) is 0 Å². The summed E-state index contributed by atoms with van der Waals surface area (Å²) in [4.78, 5) is 38.8. The molecule has 0 radical (unpaired) electrons. The number of carbonyl (C=O) groups excluding carboxylic acids is 1. The lowest BCUT2D eigenvalue weighted by Gasteiger charge is -2.34. The lowest BCUT2D eigenvalue weighted by molar-refractivity contribution is -0.139. The van der Waals surface area contributed by atoms with Crippen LogP contribution in [0.4, 0.5) is 10.5 Å². The monoisotopic (exact) mass is 542 g/mol. The molecule has 196 valence electrons. The minimum atomic E-state index is -1.18. The summed E-state index contributed by atoms with van der Waals surface area (Å²) in [6.07, 6.45) is 5.92. The van der Waals surface area contributed by atoms with Crippen molar-refractivity contribution in [2.45, 2.75) is 51.5 Å². The largest absolute Gasteiger partial charge is 0.480 e. The van der Waals surface area contributed by atoms with Crippen molar-refractivity contribution >= 4 is 46.3 Å². The van der Waals surface area contributed by atoms with Crippen LogP contribution < -0.4 is 15.0 Å². The number of amides is 2. The first-order valence-electron chi connectivity index (χ1n) is 12.2. The number of hydrogen-bond acceptors (Lipinski definition) is 6. The number of urea groups is 1. The number of carboxylic acid groups (broad SMARTS) is 2. The van der Waals surface area contributed by atoms with Gasteiger partial charge in [0, 0.05) is 28.7 Å². The molecule has 1 aliphatic carbocycles. The maximum Gasteiger partial charge on any atom is 0.349 e. The van der Waals surface area contributed by atoms with E-state index < -0.39 is 18.5 Å². The summed E-state index contributed by atoms with van der Waals surface area (Å²) >= 11 is 2.68. The van der Waals surface area contributed by atoms with Gasteiger partial charge in [0.25, 0.3) is 0 Å². The Bertz CT molecular complexity index is 1250. The van der Waals surface area contributed by atoms with Crippen molar-refractivity contribution in [2.24, 2.45) is 0 Å². The van der Waals surface area contributed by atoms with Gasteiger partial charge in [0.15, 0.2) is 11.5 Å². The number of thiophene rings is 2. The summed E-state index contributed by atoms with van der Waals surface area (Å²) in [5, 5.41) is 25.9. The van der Waals surface area contributed by atoms with E-state index >= 15 is 0 Å². The molecule has 3 N–H and O–H groups in total. The first-order chi connectivity index (χ1) is 17.8. The summed E-state index contributed by atoms with van der Waals surface area (Å²) < 4.78 is 5.34. The Morgan fingerprint density at radius 3 is 2.59 bits per heavy atom. The van der Waals surface area contributed by atoms with Gasteiger partial charge in [0.2, 0.25) is 0 Å². The fourth-order valence-electron chi connectivity index (χ4n) is 4.69. The SMILES string of the molecule is Cc1c(-c2cccc(N(C(=O)NCCc3ccsc3)C3CCCCC3)c2)sc(C(=O)O)c1OCC(=O)O. The van der Waals surface area contributed by atoms with Gasteiger partial charge in [-0.15, -0.1) is 11.3 Å². The molecule has 3 aromatic rings. The molecule has 10 heteroatoms. The molecule has 1 saturated carbocycles. The zero-order valence-corrected chi connectivity index (χ0v) is 22.2. The molecule has 0 bridgehead atoms. The number of carbonyl (C=O) groups is 3. The highest BCUT2D eigenvalue weighted by atomic mass is 32.1. The van der Waals surface area contributed by atoms with Crippen LogP contribution in [0.1, 0.15) is 52.9 Å². The van der Waals surface area contributed by atoms with Crippen LogP contribution in [0, 0.1) is 6.92 Å². The number of nitrogens with one attached hydrogen (secondary N) is 1. The van der Waals surface area contributed by atoms with Gasteiger partial charge in [-0.1, -0.05) is 31.4 Å². The number of nitrogens with zero attached hydrogens (tertiary/aromatic N) is 1. The Morgan fingerprint density at radius 2 is 1.92 bits per heavy atom. The van der Waals surface area contributed by atoms with E-state index in [0.717, 1.165) is 61.1 Å². The summed E-state index contributed by atoms with van der Waals surface area (Å²) in [5.41, 5.74) is 3.25. The van der Waals surface area contributed by atoms with Gasteiger partial charge >= 0.3 is 18.0 Å². The first kappa shape index (κ1) is 26.7. The molecule has 4 rings (SSSR count). The third-order valence-electron chi connectivity index (χ3n) is 6.44. The molecule has 8 nitrogen and oxygen atoms in total. The second kappa shape index (κ2) is 12.2. The molecule has 0 spiro atoms. The fraction of sp³-hybridized carbons (Fsp3) is 0.370. The summed E-state index contributed by atoms with van der Waals surface area (Å²) in [5.74, 6) is -2.29. The molecule has 1 aromatic carbocycles. The Morgan fingerprint density at radius 1 is 1.14 bits per heavy atom. The lowest BCUT2D eigenvalue weighted by atomic mass is 9.93. The topological polar surface area (TPSA) is 116 Å². The molecule has 2 heterocycles. The number of hydrogen-bond donors (Lipinski definition) is 3. The average Bonchev–Trinajstić information content (AvgIpc) is 3.51. The van der Waals surface area contributed by atoms with E-state index in [1.165, 1.54) is 5.56 Å². The van der Waals surface area contributed by atoms with Crippen molar-refractivity contribution in [3.63, 3.8) is 0 Å². The fourth-order valence-corrected chi connectivity index (χ4v) is 6.48. The molecule has 0 unspecified atom stereocenters. The number of aliphatic carboxylic acids is 1. The van der Waals surface area contributed by atoms with E-state index in [-0.39, 0.29) is 22.7 Å². The van der Waals surface area contributed by atoms with E-state index in [1.54, 1.807) is 18.3 Å². The van der Waals surface area contributed by atoms with Crippen molar-refractivity contribution in [2.75, 3.05) is 18.1 Å². The molecule has 0 aliphatic heterocycles. The standard InChI is InChI=1S/C27H30N2O6S2/c1-17-23(35-15-22(30)31)25(26(32)33)37-24(17)19-6-5-9-21(14-19)29(20-7-3-2-4-8-20)27(34)28-12-10-18-11-13-36-16-18/h5-6,9,11,13-14,16,20H,2-4,7-8,10,12,15H2,1H3,(H,28,34)(H,30,31)(H,32,33). The minimum Gasteiger partial charge on any atom is -0.480 e. The maximum atomic E-state index is 13.4. The molecule has 1 fully saturated rings. The molecular weight excluding hydrogens is 512 g/mol. The minimum absolute atomic E-state index is 0.0468. The van der Waals surface area contributed by atoms with Crippen LogP contribution in [0.5, 0.6) is 5.75 Å².